The zero-order chi connectivity index (χ0) is 23.4. The van der Waals surface area contributed by atoms with E-state index in [9.17, 15) is 9.59 Å². The fraction of sp³-hybridized carbons (Fsp3) is 0.360. The lowest BCUT2D eigenvalue weighted by molar-refractivity contribution is -0.118. The maximum atomic E-state index is 13.2. The van der Waals surface area contributed by atoms with Crippen LogP contribution in [0.3, 0.4) is 0 Å². The van der Waals surface area contributed by atoms with Crippen molar-refractivity contribution in [3.63, 3.8) is 0 Å². The van der Waals surface area contributed by atoms with Gasteiger partial charge in [-0.05, 0) is 44.3 Å². The van der Waals surface area contributed by atoms with Crippen LogP contribution in [0.15, 0.2) is 59.7 Å². The molecule has 0 saturated carbocycles. The quantitative estimate of drug-likeness (QED) is 0.544. The van der Waals surface area contributed by atoms with Crippen molar-refractivity contribution in [3.8, 4) is 0 Å². The van der Waals surface area contributed by atoms with Crippen LogP contribution in [-0.2, 0) is 16.1 Å². The van der Waals surface area contributed by atoms with Crippen LogP contribution >= 0.6 is 0 Å². The zero-order valence-corrected chi connectivity index (χ0v) is 19.4. The normalized spacial score (nSPS) is 15.8. The number of hydrogen-bond acceptors (Lipinski definition) is 6. The Morgan fingerprint density at radius 1 is 1.06 bits per heavy atom. The van der Waals surface area contributed by atoms with Gasteiger partial charge in [-0.3, -0.25) is 19.9 Å². The zero-order valence-electron chi connectivity index (χ0n) is 19.4. The molecule has 0 spiro atoms. The van der Waals surface area contributed by atoms with Crippen LogP contribution in [-0.4, -0.2) is 57.5 Å². The number of nitrogens with one attached hydrogen (secondary N) is 1. The number of hydrazone groups is 1. The minimum absolute atomic E-state index is 0.0307. The van der Waals surface area contributed by atoms with Crippen LogP contribution < -0.4 is 10.3 Å². The van der Waals surface area contributed by atoms with Gasteiger partial charge in [0.1, 0.15) is 11.8 Å². The van der Waals surface area contributed by atoms with Crippen LogP contribution in [0.25, 0.3) is 11.0 Å². The van der Waals surface area contributed by atoms with E-state index in [1.165, 1.54) is 6.92 Å². The lowest BCUT2D eigenvalue weighted by Gasteiger charge is -2.20. The molecule has 0 aliphatic carbocycles. The third-order valence-electron chi connectivity index (χ3n) is 6.08. The van der Waals surface area contributed by atoms with Gasteiger partial charge in [-0.1, -0.05) is 44.2 Å². The van der Waals surface area contributed by atoms with Crippen LogP contribution in [0.4, 0.5) is 11.6 Å². The molecular weight excluding hydrogens is 416 g/mol. The first-order chi connectivity index (χ1) is 16.0. The standard InChI is InChI=1S/C25H30N6O2/c1-4-29(5-2)15-16-30-22-14-10-9-13-20(22)26-25(30)27-24(33)21-17-23(18(3)32)31(28-21)19-11-7-6-8-12-19/h6-14,23H,4-5,15-17H2,1-3H3,(H,26,27,33). The Bertz CT molecular complexity index is 1170. The summed E-state index contributed by atoms with van der Waals surface area (Å²) in [5.41, 5.74) is 2.91. The highest BCUT2D eigenvalue weighted by molar-refractivity contribution is 6.44. The van der Waals surface area contributed by atoms with E-state index in [1.807, 2.05) is 59.2 Å². The maximum absolute atomic E-state index is 13.2. The number of benzene rings is 2. The molecule has 0 radical (unpaired) electrons. The smallest absolute Gasteiger partial charge is 0.274 e. The molecule has 1 aliphatic heterocycles. The topological polar surface area (TPSA) is 82.8 Å². The van der Waals surface area contributed by atoms with Crippen molar-refractivity contribution in [2.24, 2.45) is 5.10 Å². The molecule has 8 nitrogen and oxygen atoms in total. The summed E-state index contributed by atoms with van der Waals surface area (Å²) in [6, 6.07) is 16.8. The summed E-state index contributed by atoms with van der Waals surface area (Å²) in [5, 5.41) is 9.11. The minimum Gasteiger partial charge on any atom is -0.309 e. The Morgan fingerprint density at radius 2 is 1.76 bits per heavy atom. The van der Waals surface area contributed by atoms with Crippen LogP contribution in [0, 0.1) is 0 Å². The minimum atomic E-state index is -0.491. The summed E-state index contributed by atoms with van der Waals surface area (Å²) in [6.45, 7) is 9.29. The van der Waals surface area contributed by atoms with E-state index in [-0.39, 0.29) is 18.1 Å². The third-order valence-corrected chi connectivity index (χ3v) is 6.08. The van der Waals surface area contributed by atoms with E-state index in [2.05, 4.69) is 34.1 Å². The van der Waals surface area contributed by atoms with Gasteiger partial charge in [0.15, 0.2) is 5.78 Å². The number of Topliss-reactive ketones (excluding diaryl/α,β-unsaturated/α-hetero) is 1. The first-order valence-corrected chi connectivity index (χ1v) is 11.4. The molecule has 1 aromatic heterocycles. The molecule has 1 atom stereocenters. The van der Waals surface area contributed by atoms with Gasteiger partial charge >= 0.3 is 0 Å². The summed E-state index contributed by atoms with van der Waals surface area (Å²) in [5.74, 6) is 0.129. The lowest BCUT2D eigenvalue weighted by atomic mass is 10.1. The van der Waals surface area contributed by atoms with Crippen molar-refractivity contribution in [2.45, 2.75) is 39.8 Å². The van der Waals surface area contributed by atoms with Gasteiger partial charge < -0.3 is 9.47 Å². The average molecular weight is 447 g/mol. The Balaban J connectivity index is 1.59. The highest BCUT2D eigenvalue weighted by Crippen LogP contribution is 2.26. The fourth-order valence-electron chi connectivity index (χ4n) is 4.13. The molecule has 0 saturated heterocycles. The number of imidazole rings is 1. The number of hydrogen-bond donors (Lipinski definition) is 1. The molecule has 3 aromatic rings. The number of aromatic nitrogens is 2. The Kier molecular flexibility index (Phi) is 6.84. The Morgan fingerprint density at radius 3 is 2.45 bits per heavy atom. The number of ketones is 1. The van der Waals surface area contributed by atoms with Crippen molar-refractivity contribution in [2.75, 3.05) is 30.0 Å². The van der Waals surface area contributed by atoms with Gasteiger partial charge in [0.05, 0.1) is 16.7 Å². The molecule has 0 bridgehead atoms. The summed E-state index contributed by atoms with van der Waals surface area (Å²) in [6.07, 6.45) is 0.260. The van der Waals surface area contributed by atoms with Crippen LogP contribution in [0.1, 0.15) is 27.2 Å². The fourth-order valence-corrected chi connectivity index (χ4v) is 4.13. The monoisotopic (exact) mass is 446 g/mol. The van der Waals surface area contributed by atoms with Gasteiger partial charge in [0, 0.05) is 19.5 Å². The number of nitrogens with zero attached hydrogens (tertiary/aromatic N) is 5. The molecule has 1 unspecified atom stereocenters. The van der Waals surface area contributed by atoms with Crippen molar-refractivity contribution in [3.05, 3.63) is 54.6 Å². The van der Waals surface area contributed by atoms with E-state index >= 15 is 0 Å². The number of rotatable bonds is 9. The van der Waals surface area contributed by atoms with Crippen molar-refractivity contribution in [1.29, 1.82) is 0 Å². The van der Waals surface area contributed by atoms with E-state index in [1.54, 1.807) is 5.01 Å². The van der Waals surface area contributed by atoms with Crippen LogP contribution in [0.2, 0.25) is 0 Å². The van der Waals surface area contributed by atoms with Crippen molar-refractivity contribution >= 4 is 40.1 Å². The second kappa shape index (κ2) is 9.95. The van der Waals surface area contributed by atoms with Crippen molar-refractivity contribution in [1.82, 2.24) is 14.5 Å². The molecule has 1 N–H and O–H groups in total. The number of likely N-dealkylation sites (N-methyl/N-ethyl adjacent to an activating group) is 1. The predicted octanol–water partition coefficient (Wildman–Crippen LogP) is 3.54. The molecule has 4 rings (SSSR count). The summed E-state index contributed by atoms with van der Waals surface area (Å²) >= 11 is 0. The number of amides is 1. The highest BCUT2D eigenvalue weighted by Gasteiger charge is 2.34. The summed E-state index contributed by atoms with van der Waals surface area (Å²) in [4.78, 5) is 32.5. The summed E-state index contributed by atoms with van der Waals surface area (Å²) < 4.78 is 2.04. The molecule has 1 aliphatic rings. The molecule has 172 valence electrons. The number of carbonyl (C=O) groups excluding carboxylic acids is 2. The first-order valence-electron chi connectivity index (χ1n) is 11.4. The molecular formula is C25H30N6O2. The lowest BCUT2D eigenvalue weighted by Crippen LogP contribution is -2.33. The first kappa shape index (κ1) is 22.7. The number of fused-ring (bicyclic) bond motifs is 1. The van der Waals surface area contributed by atoms with E-state index in [0.29, 0.717) is 18.2 Å². The Hall–Kier alpha value is -3.52. The largest absolute Gasteiger partial charge is 0.309 e. The molecule has 2 heterocycles. The van der Waals surface area contributed by atoms with Crippen LogP contribution in [0.5, 0.6) is 0 Å². The second-order valence-corrected chi connectivity index (χ2v) is 8.11. The van der Waals surface area contributed by atoms with E-state index in [4.69, 9.17) is 0 Å². The van der Waals surface area contributed by atoms with Gasteiger partial charge in [-0.15, -0.1) is 0 Å². The molecule has 0 fully saturated rings. The van der Waals surface area contributed by atoms with E-state index < -0.39 is 6.04 Å². The SMILES string of the molecule is CCN(CC)CCn1c(NC(=O)C2=NN(c3ccccc3)C(C(C)=O)C2)nc2ccccc21. The Labute approximate surface area is 193 Å². The van der Waals surface area contributed by atoms with Gasteiger partial charge in [-0.2, -0.15) is 5.10 Å². The number of carbonyl (C=O) groups is 2. The van der Waals surface area contributed by atoms with Gasteiger partial charge in [-0.25, -0.2) is 4.98 Å². The number of para-hydroxylation sites is 3. The van der Waals surface area contributed by atoms with Gasteiger partial charge in [0.2, 0.25) is 5.95 Å². The molecule has 8 heteroatoms. The average Bonchev–Trinajstić information content (AvgIpc) is 3.43. The van der Waals surface area contributed by atoms with Crippen molar-refractivity contribution < 1.29 is 9.59 Å². The summed E-state index contributed by atoms with van der Waals surface area (Å²) in [7, 11) is 0. The second-order valence-electron chi connectivity index (χ2n) is 8.11. The van der Waals surface area contributed by atoms with E-state index in [0.717, 1.165) is 36.4 Å². The maximum Gasteiger partial charge on any atom is 0.274 e. The predicted molar refractivity (Wildman–Crippen MR) is 132 cm³/mol. The highest BCUT2D eigenvalue weighted by atomic mass is 16.2. The molecule has 2 aromatic carbocycles. The molecule has 33 heavy (non-hydrogen) atoms. The third kappa shape index (κ3) is 4.80. The molecule has 1 amide bonds. The van der Waals surface area contributed by atoms with Gasteiger partial charge in [0.25, 0.3) is 5.91 Å². The number of anilines is 2.